The number of Topliss-reactive ketones (excluding diaryl/α,β-unsaturated/α-hetero) is 1. The number of ketones is 1. The number of aliphatic hydroxyl groups is 1. The summed E-state index contributed by atoms with van der Waals surface area (Å²) in [6, 6.07) is 11.5. The minimum atomic E-state index is -0.778. The van der Waals surface area contributed by atoms with Gasteiger partial charge in [0, 0.05) is 24.2 Å². The van der Waals surface area contributed by atoms with Crippen LogP contribution in [0.15, 0.2) is 54.1 Å². The van der Waals surface area contributed by atoms with E-state index in [1.807, 2.05) is 20.8 Å². The van der Waals surface area contributed by atoms with Crippen LogP contribution in [0.4, 0.5) is 5.69 Å². The molecule has 8 heteroatoms. The summed E-state index contributed by atoms with van der Waals surface area (Å²) >= 11 is 0. The van der Waals surface area contributed by atoms with Gasteiger partial charge in [0.15, 0.2) is 0 Å². The van der Waals surface area contributed by atoms with Crippen LogP contribution in [0.2, 0.25) is 0 Å². The molecule has 1 amide bonds. The van der Waals surface area contributed by atoms with Crippen LogP contribution in [-0.2, 0) is 9.59 Å². The molecule has 1 fully saturated rings. The largest absolute Gasteiger partial charge is 0.507 e. The molecule has 3 rings (SSSR count). The molecule has 0 aliphatic carbocycles. The van der Waals surface area contributed by atoms with E-state index in [4.69, 9.17) is 4.74 Å². The maximum atomic E-state index is 12.9. The first-order chi connectivity index (χ1) is 15.2. The maximum absolute atomic E-state index is 12.9. The Hall–Kier alpha value is -3.68. The van der Waals surface area contributed by atoms with Crippen LogP contribution in [0, 0.1) is 16.0 Å². The van der Waals surface area contributed by atoms with Crippen molar-refractivity contribution in [3.8, 4) is 5.75 Å². The second-order valence-corrected chi connectivity index (χ2v) is 8.07. The lowest BCUT2D eigenvalue weighted by Gasteiger charge is -2.25. The van der Waals surface area contributed by atoms with E-state index >= 15 is 0 Å². The SMILES string of the molecule is CCCN1C(=O)C(=O)/C(=C(\O)c2ccc([N+](=O)[O-])cc2)C1c1ccc(OCC(C)C)cc1. The Kier molecular flexibility index (Phi) is 6.92. The van der Waals surface area contributed by atoms with E-state index in [0.29, 0.717) is 36.8 Å². The first kappa shape index (κ1) is 23.0. The molecule has 0 spiro atoms. The second-order valence-electron chi connectivity index (χ2n) is 8.07. The number of benzene rings is 2. The number of nitro benzene ring substituents is 1. The van der Waals surface area contributed by atoms with Gasteiger partial charge in [0.1, 0.15) is 11.5 Å². The third-order valence-electron chi connectivity index (χ3n) is 5.14. The molecule has 1 unspecified atom stereocenters. The van der Waals surface area contributed by atoms with Gasteiger partial charge in [-0.2, -0.15) is 0 Å². The summed E-state index contributed by atoms with van der Waals surface area (Å²) in [5, 5.41) is 21.9. The minimum Gasteiger partial charge on any atom is -0.507 e. The number of ether oxygens (including phenoxy) is 1. The first-order valence-corrected chi connectivity index (χ1v) is 10.5. The number of non-ortho nitro benzene ring substituents is 1. The number of carbonyl (C=O) groups excluding carboxylic acids is 2. The number of rotatable bonds is 8. The fraction of sp³-hybridized carbons (Fsp3) is 0.333. The predicted octanol–water partition coefficient (Wildman–Crippen LogP) is 4.46. The zero-order chi connectivity index (χ0) is 23.4. The second kappa shape index (κ2) is 9.64. The monoisotopic (exact) mass is 438 g/mol. The van der Waals surface area contributed by atoms with Gasteiger partial charge in [-0.1, -0.05) is 32.9 Å². The maximum Gasteiger partial charge on any atom is 0.295 e. The van der Waals surface area contributed by atoms with Crippen LogP contribution >= 0.6 is 0 Å². The van der Waals surface area contributed by atoms with E-state index in [9.17, 15) is 24.8 Å². The van der Waals surface area contributed by atoms with Crippen molar-refractivity contribution in [2.45, 2.75) is 33.2 Å². The number of aliphatic hydroxyl groups excluding tert-OH is 1. The molecule has 0 bridgehead atoms. The molecule has 1 atom stereocenters. The molecule has 0 saturated carbocycles. The molecule has 2 aromatic rings. The number of hydrogen-bond donors (Lipinski definition) is 1. The average Bonchev–Trinajstić information content (AvgIpc) is 3.03. The number of nitrogens with zero attached hydrogens (tertiary/aromatic N) is 2. The fourth-order valence-corrected chi connectivity index (χ4v) is 3.60. The van der Waals surface area contributed by atoms with E-state index in [2.05, 4.69) is 0 Å². The Morgan fingerprint density at radius 2 is 1.75 bits per heavy atom. The molecule has 1 aliphatic rings. The highest BCUT2D eigenvalue weighted by Crippen LogP contribution is 2.40. The van der Waals surface area contributed by atoms with Gasteiger partial charge >= 0.3 is 0 Å². The van der Waals surface area contributed by atoms with Crippen LogP contribution in [0.1, 0.15) is 44.4 Å². The summed E-state index contributed by atoms with van der Waals surface area (Å²) in [7, 11) is 0. The van der Waals surface area contributed by atoms with Gasteiger partial charge in [-0.3, -0.25) is 19.7 Å². The van der Waals surface area contributed by atoms with E-state index < -0.39 is 22.7 Å². The van der Waals surface area contributed by atoms with Crippen molar-refractivity contribution in [2.75, 3.05) is 13.2 Å². The van der Waals surface area contributed by atoms with Crippen molar-refractivity contribution < 1.29 is 24.4 Å². The number of amides is 1. The zero-order valence-electron chi connectivity index (χ0n) is 18.3. The molecule has 32 heavy (non-hydrogen) atoms. The quantitative estimate of drug-likeness (QED) is 0.214. The highest BCUT2D eigenvalue weighted by molar-refractivity contribution is 6.46. The minimum absolute atomic E-state index is 0.0341. The van der Waals surface area contributed by atoms with Crippen molar-refractivity contribution >= 4 is 23.1 Å². The van der Waals surface area contributed by atoms with Crippen LogP contribution < -0.4 is 4.74 Å². The molecular weight excluding hydrogens is 412 g/mol. The molecular formula is C24H26N2O6. The Bertz CT molecular complexity index is 1040. The van der Waals surface area contributed by atoms with Crippen LogP contribution in [0.3, 0.4) is 0 Å². The van der Waals surface area contributed by atoms with Crippen LogP contribution in [0.5, 0.6) is 5.75 Å². The number of likely N-dealkylation sites (tertiary alicyclic amines) is 1. The highest BCUT2D eigenvalue weighted by atomic mass is 16.6. The molecule has 0 radical (unpaired) electrons. The summed E-state index contributed by atoms with van der Waals surface area (Å²) in [5.41, 5.74) is 0.722. The van der Waals surface area contributed by atoms with E-state index in [1.165, 1.54) is 29.2 Å². The van der Waals surface area contributed by atoms with Crippen molar-refractivity contribution in [3.63, 3.8) is 0 Å². The van der Waals surface area contributed by atoms with Gasteiger partial charge in [-0.15, -0.1) is 0 Å². The standard InChI is InChI=1S/C24H26N2O6/c1-4-13-25-21(16-7-11-19(12-8-16)32-14-15(2)3)20(23(28)24(25)29)22(27)17-5-9-18(10-6-17)26(30)31/h5-12,15,21,27H,4,13-14H2,1-3H3/b22-20-. The molecule has 168 valence electrons. The molecule has 2 aromatic carbocycles. The average molecular weight is 438 g/mol. The fourth-order valence-electron chi connectivity index (χ4n) is 3.60. The topological polar surface area (TPSA) is 110 Å². The van der Waals surface area contributed by atoms with Crippen molar-refractivity contribution in [3.05, 3.63) is 75.3 Å². The lowest BCUT2D eigenvalue weighted by molar-refractivity contribution is -0.384. The summed E-state index contributed by atoms with van der Waals surface area (Å²) in [5.74, 6) is -0.778. The van der Waals surface area contributed by atoms with Gasteiger partial charge in [0.25, 0.3) is 17.4 Å². The molecule has 1 saturated heterocycles. The number of hydrogen-bond acceptors (Lipinski definition) is 6. The summed E-state index contributed by atoms with van der Waals surface area (Å²) in [6.07, 6.45) is 0.636. The van der Waals surface area contributed by atoms with E-state index in [-0.39, 0.29) is 22.6 Å². The molecule has 8 nitrogen and oxygen atoms in total. The van der Waals surface area contributed by atoms with Gasteiger partial charge in [0.2, 0.25) is 0 Å². The predicted molar refractivity (Wildman–Crippen MR) is 119 cm³/mol. The third-order valence-corrected chi connectivity index (χ3v) is 5.14. The first-order valence-electron chi connectivity index (χ1n) is 10.5. The van der Waals surface area contributed by atoms with E-state index in [0.717, 1.165) is 0 Å². The molecule has 0 aromatic heterocycles. The third kappa shape index (κ3) is 4.64. The van der Waals surface area contributed by atoms with E-state index in [1.54, 1.807) is 24.3 Å². The Balaban J connectivity index is 2.04. The van der Waals surface area contributed by atoms with Crippen molar-refractivity contribution in [1.29, 1.82) is 0 Å². The number of carbonyl (C=O) groups is 2. The van der Waals surface area contributed by atoms with Crippen molar-refractivity contribution in [1.82, 2.24) is 4.90 Å². The normalized spacial score (nSPS) is 17.8. The van der Waals surface area contributed by atoms with Crippen LogP contribution in [-0.4, -0.2) is 39.8 Å². The lowest BCUT2D eigenvalue weighted by atomic mass is 9.95. The van der Waals surface area contributed by atoms with Crippen molar-refractivity contribution in [2.24, 2.45) is 5.92 Å². The summed E-state index contributed by atoms with van der Waals surface area (Å²) in [4.78, 5) is 37.4. The van der Waals surface area contributed by atoms with Gasteiger partial charge in [-0.05, 0) is 42.2 Å². The molecule has 1 heterocycles. The molecule has 1 aliphatic heterocycles. The van der Waals surface area contributed by atoms with Gasteiger partial charge in [-0.25, -0.2) is 0 Å². The number of nitro groups is 1. The molecule has 1 N–H and O–H groups in total. The highest BCUT2D eigenvalue weighted by Gasteiger charge is 2.45. The Morgan fingerprint density at radius 1 is 1.12 bits per heavy atom. The lowest BCUT2D eigenvalue weighted by Crippen LogP contribution is -2.30. The van der Waals surface area contributed by atoms with Gasteiger partial charge in [0.05, 0.1) is 23.1 Å². The van der Waals surface area contributed by atoms with Crippen LogP contribution in [0.25, 0.3) is 5.76 Å². The Morgan fingerprint density at radius 3 is 2.28 bits per heavy atom. The Labute approximate surface area is 186 Å². The summed E-state index contributed by atoms with van der Waals surface area (Å²) in [6.45, 7) is 6.90. The van der Waals surface area contributed by atoms with Gasteiger partial charge < -0.3 is 14.7 Å². The smallest absolute Gasteiger partial charge is 0.295 e. The summed E-state index contributed by atoms with van der Waals surface area (Å²) < 4.78 is 5.71. The zero-order valence-corrected chi connectivity index (χ0v) is 18.3.